The van der Waals surface area contributed by atoms with Crippen LogP contribution >= 0.6 is 0 Å². The van der Waals surface area contributed by atoms with Gasteiger partial charge in [0, 0.05) is 44.1 Å². The van der Waals surface area contributed by atoms with E-state index in [1.807, 2.05) is 0 Å². The summed E-state index contributed by atoms with van der Waals surface area (Å²) in [6.07, 6.45) is -5.26. The molecule has 1 aromatic carbocycles. The number of rotatable bonds is 5. The molecular formula is C29H33F3N4O8. The first-order valence-corrected chi connectivity index (χ1v) is 14.0. The first-order chi connectivity index (χ1) is 20.4. The molecule has 0 radical (unpaired) electrons. The number of nitrogens with zero attached hydrogens (tertiary/aromatic N) is 2. The number of benzene rings is 1. The molecule has 0 unspecified atom stereocenters. The number of phenolic OH excluding ortho intramolecular Hbond substituents is 1. The number of fused-ring (bicyclic) bond motifs is 3. The number of alkyl halides is 3. The van der Waals surface area contributed by atoms with Crippen molar-refractivity contribution in [2.24, 2.45) is 17.6 Å². The minimum atomic E-state index is -4.95. The van der Waals surface area contributed by atoms with Gasteiger partial charge in [0.25, 0.3) is 5.91 Å². The molecule has 1 heterocycles. The molecule has 238 valence electrons. The fourth-order valence-electron chi connectivity index (χ4n) is 7.49. The number of carbonyl (C=O) groups excluding carboxylic acids is 4. The quantitative estimate of drug-likeness (QED) is 0.257. The van der Waals surface area contributed by atoms with Gasteiger partial charge in [-0.2, -0.15) is 13.2 Å². The highest BCUT2D eigenvalue weighted by Crippen LogP contribution is 2.54. The summed E-state index contributed by atoms with van der Waals surface area (Å²) in [5.41, 5.74) is -1.69. The lowest BCUT2D eigenvalue weighted by Gasteiger charge is -2.50. The second kappa shape index (κ2) is 10.6. The Kier molecular flexibility index (Phi) is 7.58. The highest BCUT2D eigenvalue weighted by Gasteiger charge is 2.63. The number of Topliss-reactive ketones (excluding diaryl/α,β-unsaturated/α-hetero) is 2. The normalized spacial score (nSPS) is 29.1. The average Bonchev–Trinajstić information content (AvgIpc) is 3.30. The molecule has 0 spiro atoms. The Balaban J connectivity index is 1.63. The van der Waals surface area contributed by atoms with E-state index in [0.29, 0.717) is 13.0 Å². The summed E-state index contributed by atoms with van der Waals surface area (Å²) in [6, 6.07) is -0.674. The topological polar surface area (TPSA) is 194 Å². The number of aliphatic hydroxyl groups excluding tert-OH is 2. The Labute approximate surface area is 249 Å². The third-order valence-electron chi connectivity index (χ3n) is 9.16. The Morgan fingerprint density at radius 2 is 1.86 bits per heavy atom. The zero-order chi connectivity index (χ0) is 32.6. The zero-order valence-electron chi connectivity index (χ0n) is 24.2. The fourth-order valence-corrected chi connectivity index (χ4v) is 7.49. The summed E-state index contributed by atoms with van der Waals surface area (Å²) in [5.74, 6) is -9.50. The summed E-state index contributed by atoms with van der Waals surface area (Å²) in [6.45, 7) is 1.77. The number of allylic oxidation sites excluding steroid dienone is 1. The summed E-state index contributed by atoms with van der Waals surface area (Å²) in [5, 5.41) is 47.5. The number of amides is 2. The van der Waals surface area contributed by atoms with Crippen molar-refractivity contribution < 1.29 is 52.8 Å². The SMILES string of the molecule is CC(=O)N[C@@H]1CCN(Cc2cc(O)c3c(c2C(F)(F)F)C[C@H]2C[C@H]4[C@H](N(C)C)C(O)=C(C(N)=O)C(=O)[C@@]4(O)C(O)=C2C3=O)C1. The van der Waals surface area contributed by atoms with Crippen molar-refractivity contribution in [3.8, 4) is 5.75 Å². The van der Waals surface area contributed by atoms with Crippen molar-refractivity contribution in [1.29, 1.82) is 0 Å². The van der Waals surface area contributed by atoms with Gasteiger partial charge in [-0.1, -0.05) is 0 Å². The standard InChI is InChI=1S/C29H33F3N4O8/c1-11(37)34-14-4-5-36(10-14)9-13-8-17(38)19-15(21(13)29(30,31)32)6-12-7-16-22(35(2)3)24(40)20(27(33)43)26(42)28(16,44)25(41)18(12)23(19)39/h8,12,14,16,22,38,40-41,44H,4-7,9-10H2,1-3H3,(H2,33,43)(H,34,37)/t12-,14+,16-,22-,28-/m0/s1. The van der Waals surface area contributed by atoms with Crippen LogP contribution in [0.3, 0.4) is 0 Å². The Morgan fingerprint density at radius 3 is 2.43 bits per heavy atom. The maximum absolute atomic E-state index is 14.7. The van der Waals surface area contributed by atoms with Crippen molar-refractivity contribution in [2.45, 2.75) is 56.6 Å². The highest BCUT2D eigenvalue weighted by atomic mass is 19.4. The molecule has 3 aliphatic carbocycles. The summed E-state index contributed by atoms with van der Waals surface area (Å²) in [7, 11) is 2.91. The Morgan fingerprint density at radius 1 is 1.20 bits per heavy atom. The summed E-state index contributed by atoms with van der Waals surface area (Å²) < 4.78 is 44.2. The van der Waals surface area contributed by atoms with Gasteiger partial charge in [-0.15, -0.1) is 0 Å². The van der Waals surface area contributed by atoms with Crippen molar-refractivity contribution in [1.82, 2.24) is 15.1 Å². The van der Waals surface area contributed by atoms with Crippen molar-refractivity contribution >= 4 is 23.4 Å². The Hall–Kier alpha value is -3.95. The number of halogens is 3. The third kappa shape index (κ3) is 4.73. The first-order valence-electron chi connectivity index (χ1n) is 14.0. The van der Waals surface area contributed by atoms with E-state index in [4.69, 9.17) is 5.73 Å². The number of ketones is 2. The lowest BCUT2D eigenvalue weighted by molar-refractivity contribution is -0.148. The molecule has 1 aliphatic heterocycles. The number of carbonyl (C=O) groups is 4. The second-order valence-electron chi connectivity index (χ2n) is 12.2. The number of nitrogens with one attached hydrogen (secondary N) is 1. The van der Waals surface area contributed by atoms with Gasteiger partial charge in [0.05, 0.1) is 17.2 Å². The van der Waals surface area contributed by atoms with Crippen LogP contribution in [-0.2, 0) is 33.5 Å². The molecule has 4 aliphatic rings. The maximum Gasteiger partial charge on any atom is 0.417 e. The van der Waals surface area contributed by atoms with Crippen LogP contribution < -0.4 is 11.1 Å². The number of hydrogen-bond donors (Lipinski definition) is 6. The maximum atomic E-state index is 14.7. The van der Waals surface area contributed by atoms with Gasteiger partial charge in [-0.3, -0.25) is 29.0 Å². The molecule has 1 fully saturated rings. The highest BCUT2D eigenvalue weighted by molar-refractivity contribution is 6.24. The van der Waals surface area contributed by atoms with Gasteiger partial charge in [-0.25, -0.2) is 0 Å². The van der Waals surface area contributed by atoms with Gasteiger partial charge in [-0.05, 0) is 56.5 Å². The van der Waals surface area contributed by atoms with Crippen molar-refractivity contribution in [3.63, 3.8) is 0 Å². The van der Waals surface area contributed by atoms with E-state index in [9.17, 15) is 52.8 Å². The minimum absolute atomic E-state index is 0.229. The number of phenols is 1. The molecular weight excluding hydrogens is 589 g/mol. The molecule has 7 N–H and O–H groups in total. The zero-order valence-corrected chi connectivity index (χ0v) is 24.2. The smallest absolute Gasteiger partial charge is 0.417 e. The van der Waals surface area contributed by atoms with Gasteiger partial charge >= 0.3 is 6.18 Å². The largest absolute Gasteiger partial charge is 0.510 e. The van der Waals surface area contributed by atoms with Crippen molar-refractivity contribution in [3.05, 3.63) is 51.0 Å². The summed E-state index contributed by atoms with van der Waals surface area (Å²) >= 11 is 0. The van der Waals surface area contributed by atoms with E-state index in [1.54, 1.807) is 4.90 Å². The van der Waals surface area contributed by atoms with Gasteiger partial charge in [0.1, 0.15) is 22.8 Å². The van der Waals surface area contributed by atoms with Crippen molar-refractivity contribution in [2.75, 3.05) is 27.2 Å². The predicted molar refractivity (Wildman–Crippen MR) is 146 cm³/mol. The molecule has 2 amide bonds. The minimum Gasteiger partial charge on any atom is -0.510 e. The van der Waals surface area contributed by atoms with Gasteiger partial charge < -0.3 is 31.5 Å². The molecule has 5 rings (SSSR count). The lowest BCUT2D eigenvalue weighted by Crippen LogP contribution is -2.63. The molecule has 1 aromatic rings. The van der Waals surface area contributed by atoms with E-state index in [-0.39, 0.29) is 37.0 Å². The van der Waals surface area contributed by atoms with E-state index < -0.39 is 98.7 Å². The van der Waals surface area contributed by atoms with Gasteiger partial charge in [0.15, 0.2) is 11.4 Å². The lowest BCUT2D eigenvalue weighted by atomic mass is 9.58. The number of likely N-dealkylation sites (N-methyl/N-ethyl adjacent to an activating group) is 1. The van der Waals surface area contributed by atoms with Crippen LogP contribution in [0.25, 0.3) is 0 Å². The molecule has 12 nitrogen and oxygen atoms in total. The molecule has 0 aromatic heterocycles. The average molecular weight is 623 g/mol. The molecule has 0 bridgehead atoms. The van der Waals surface area contributed by atoms with E-state index in [2.05, 4.69) is 5.32 Å². The van der Waals surface area contributed by atoms with Crippen LogP contribution in [0, 0.1) is 11.8 Å². The van der Waals surface area contributed by atoms with Gasteiger partial charge in [0.2, 0.25) is 11.7 Å². The number of nitrogens with two attached hydrogens (primary N) is 1. The summed E-state index contributed by atoms with van der Waals surface area (Å²) in [4.78, 5) is 53.7. The third-order valence-corrected chi connectivity index (χ3v) is 9.16. The molecule has 5 atom stereocenters. The van der Waals surface area contributed by atoms with E-state index >= 15 is 0 Å². The van der Waals surface area contributed by atoms with Crippen LogP contribution in [-0.4, -0.2) is 98.5 Å². The number of hydrogen-bond acceptors (Lipinski definition) is 10. The monoisotopic (exact) mass is 622 g/mol. The molecule has 1 saturated heterocycles. The van der Waals surface area contributed by atoms with E-state index in [1.165, 1.54) is 25.9 Å². The number of primary amides is 1. The van der Waals surface area contributed by atoms with E-state index in [0.717, 1.165) is 6.07 Å². The molecule has 0 saturated carbocycles. The van der Waals surface area contributed by atoms with Crippen LogP contribution in [0.1, 0.15) is 46.8 Å². The molecule has 15 heteroatoms. The predicted octanol–water partition coefficient (Wildman–Crippen LogP) is 0.850. The number of likely N-dealkylation sites (tertiary alicyclic amines) is 1. The fraction of sp³-hybridized carbons (Fsp3) is 0.517. The van der Waals surface area contributed by atoms with Crippen LogP contribution in [0.2, 0.25) is 0 Å². The van der Waals surface area contributed by atoms with Crippen LogP contribution in [0.5, 0.6) is 5.75 Å². The second-order valence-corrected chi connectivity index (χ2v) is 12.2. The molecule has 44 heavy (non-hydrogen) atoms. The number of aromatic hydroxyl groups is 1. The van der Waals surface area contributed by atoms with Crippen LogP contribution in [0.4, 0.5) is 13.2 Å². The first kappa shape index (κ1) is 31.5. The van der Waals surface area contributed by atoms with Crippen LogP contribution in [0.15, 0.2) is 28.7 Å². The Bertz CT molecular complexity index is 1550. The number of aliphatic hydroxyl groups is 3.